The third-order valence-electron chi connectivity index (χ3n) is 4.37. The number of primary amides is 1. The van der Waals surface area contributed by atoms with Crippen LogP contribution in [-0.4, -0.2) is 29.4 Å². The average Bonchev–Trinajstić information content (AvgIpc) is 2.47. The number of nitrogens with two attached hydrogens (primary N) is 2. The number of halogens is 1. The summed E-state index contributed by atoms with van der Waals surface area (Å²) in [6, 6.07) is 6.23. The van der Waals surface area contributed by atoms with Crippen LogP contribution in [0.15, 0.2) is 18.2 Å². The third kappa shape index (κ3) is 4.19. The molecule has 0 atom stereocenters. The summed E-state index contributed by atoms with van der Waals surface area (Å²) >= 11 is 6.28. The van der Waals surface area contributed by atoms with Gasteiger partial charge >= 0.3 is 0 Å². The van der Waals surface area contributed by atoms with Crippen LogP contribution in [0, 0.1) is 0 Å². The highest BCUT2D eigenvalue weighted by Crippen LogP contribution is 2.26. The van der Waals surface area contributed by atoms with Gasteiger partial charge in [-0.25, -0.2) is 0 Å². The van der Waals surface area contributed by atoms with E-state index in [9.17, 15) is 4.79 Å². The normalized spacial score (nSPS) is 22.5. The number of hydrogen-bond donors (Lipinski definition) is 2. The van der Waals surface area contributed by atoms with Crippen molar-refractivity contribution in [2.24, 2.45) is 11.5 Å². The van der Waals surface area contributed by atoms with Gasteiger partial charge in [0.05, 0.1) is 0 Å². The van der Waals surface area contributed by atoms with E-state index in [1.807, 2.05) is 6.07 Å². The Bertz CT molecular complexity index is 498. The van der Waals surface area contributed by atoms with Crippen molar-refractivity contribution < 1.29 is 4.79 Å². The van der Waals surface area contributed by atoms with E-state index in [0.29, 0.717) is 22.7 Å². The zero-order valence-corrected chi connectivity index (χ0v) is 13.3. The summed E-state index contributed by atoms with van der Waals surface area (Å²) in [4.78, 5) is 13.6. The van der Waals surface area contributed by atoms with Crippen molar-refractivity contribution in [1.82, 2.24) is 4.90 Å². The van der Waals surface area contributed by atoms with E-state index in [4.69, 9.17) is 23.1 Å². The highest BCUT2D eigenvalue weighted by molar-refractivity contribution is 6.31. The van der Waals surface area contributed by atoms with Gasteiger partial charge in [-0.2, -0.15) is 0 Å². The van der Waals surface area contributed by atoms with Gasteiger partial charge in [0.1, 0.15) is 0 Å². The van der Waals surface area contributed by atoms with Crippen molar-refractivity contribution in [3.05, 3.63) is 34.3 Å². The van der Waals surface area contributed by atoms with Gasteiger partial charge in [-0.1, -0.05) is 24.6 Å². The minimum Gasteiger partial charge on any atom is -0.366 e. The van der Waals surface area contributed by atoms with Gasteiger partial charge in [0.15, 0.2) is 0 Å². The first kappa shape index (κ1) is 16.3. The molecule has 5 heteroatoms. The van der Waals surface area contributed by atoms with Crippen LogP contribution in [0.4, 0.5) is 0 Å². The Morgan fingerprint density at radius 3 is 2.52 bits per heavy atom. The van der Waals surface area contributed by atoms with E-state index in [1.165, 1.54) is 0 Å². The van der Waals surface area contributed by atoms with Crippen LogP contribution in [0.5, 0.6) is 0 Å². The maximum Gasteiger partial charge on any atom is 0.248 e. The van der Waals surface area contributed by atoms with Crippen LogP contribution >= 0.6 is 11.6 Å². The Balaban J connectivity index is 2.06. The predicted molar refractivity (Wildman–Crippen MR) is 86.3 cm³/mol. The predicted octanol–water partition coefficient (Wildman–Crippen LogP) is 2.53. The monoisotopic (exact) mass is 309 g/mol. The minimum atomic E-state index is -0.447. The minimum absolute atomic E-state index is 0.360. The Morgan fingerprint density at radius 1 is 1.33 bits per heavy atom. The summed E-state index contributed by atoms with van der Waals surface area (Å²) in [5.41, 5.74) is 12.7. The van der Waals surface area contributed by atoms with E-state index in [0.717, 1.165) is 44.3 Å². The Morgan fingerprint density at radius 2 is 2.00 bits per heavy atom. The SMILES string of the molecule is CCN(Cc1ccc(C(N)=O)cc1Cl)C1CCC(N)CC1. The summed E-state index contributed by atoms with van der Waals surface area (Å²) < 4.78 is 0. The maximum absolute atomic E-state index is 11.2. The number of amides is 1. The molecular weight excluding hydrogens is 286 g/mol. The van der Waals surface area contributed by atoms with Gasteiger partial charge in [-0.3, -0.25) is 9.69 Å². The summed E-state index contributed by atoms with van der Waals surface area (Å²) in [6.45, 7) is 3.95. The summed E-state index contributed by atoms with van der Waals surface area (Å²) in [5, 5.41) is 0.609. The Labute approximate surface area is 131 Å². The van der Waals surface area contributed by atoms with Gasteiger partial charge in [-0.15, -0.1) is 0 Å². The zero-order valence-electron chi connectivity index (χ0n) is 12.5. The van der Waals surface area contributed by atoms with E-state index in [-0.39, 0.29) is 0 Å². The lowest BCUT2D eigenvalue weighted by atomic mass is 9.90. The molecule has 21 heavy (non-hydrogen) atoms. The van der Waals surface area contributed by atoms with Crippen molar-refractivity contribution in [3.63, 3.8) is 0 Å². The zero-order chi connectivity index (χ0) is 15.4. The quantitative estimate of drug-likeness (QED) is 0.878. The largest absolute Gasteiger partial charge is 0.366 e. The van der Waals surface area contributed by atoms with Crippen LogP contribution in [-0.2, 0) is 6.54 Å². The van der Waals surface area contributed by atoms with Crippen molar-refractivity contribution in [1.29, 1.82) is 0 Å². The second-order valence-corrected chi connectivity index (χ2v) is 6.21. The molecule has 1 aliphatic carbocycles. The third-order valence-corrected chi connectivity index (χ3v) is 4.73. The first-order valence-corrected chi connectivity index (χ1v) is 7.97. The molecule has 4 N–H and O–H groups in total. The molecule has 0 aliphatic heterocycles. The van der Waals surface area contributed by atoms with E-state index >= 15 is 0 Å². The molecular formula is C16H24ClN3O. The molecule has 0 radical (unpaired) electrons. The Kier molecular flexibility index (Phi) is 5.62. The van der Waals surface area contributed by atoms with Crippen molar-refractivity contribution >= 4 is 17.5 Å². The molecule has 0 aromatic heterocycles. The van der Waals surface area contributed by atoms with Crippen LogP contribution in [0.25, 0.3) is 0 Å². The fourth-order valence-electron chi connectivity index (χ4n) is 3.01. The number of rotatable bonds is 5. The molecule has 116 valence electrons. The van der Waals surface area contributed by atoms with Crippen molar-refractivity contribution in [2.45, 2.75) is 51.2 Å². The summed E-state index contributed by atoms with van der Waals surface area (Å²) in [6.07, 6.45) is 4.48. The molecule has 1 aromatic carbocycles. The molecule has 0 bridgehead atoms. The maximum atomic E-state index is 11.2. The lowest BCUT2D eigenvalue weighted by molar-refractivity contribution is 0.1000. The molecule has 0 saturated heterocycles. The number of hydrogen-bond acceptors (Lipinski definition) is 3. The van der Waals surface area contributed by atoms with Gasteiger partial charge in [-0.05, 0) is 49.9 Å². The fourth-order valence-corrected chi connectivity index (χ4v) is 3.25. The van der Waals surface area contributed by atoms with Crippen LogP contribution in [0.3, 0.4) is 0 Å². The highest BCUT2D eigenvalue weighted by atomic mass is 35.5. The summed E-state index contributed by atoms with van der Waals surface area (Å²) in [5.74, 6) is -0.447. The molecule has 0 unspecified atom stereocenters. The van der Waals surface area contributed by atoms with Crippen LogP contribution in [0.1, 0.15) is 48.5 Å². The molecule has 1 amide bonds. The average molecular weight is 310 g/mol. The molecule has 1 aromatic rings. The van der Waals surface area contributed by atoms with Gasteiger partial charge in [0, 0.05) is 29.2 Å². The summed E-state index contributed by atoms with van der Waals surface area (Å²) in [7, 11) is 0. The molecule has 1 fully saturated rings. The lowest BCUT2D eigenvalue weighted by Crippen LogP contribution is -2.40. The number of carbonyl (C=O) groups excluding carboxylic acids is 1. The standard InChI is InChI=1S/C16H24ClN3O/c1-2-20(14-7-5-13(18)6-8-14)10-12-4-3-11(16(19)21)9-15(12)17/h3-4,9,13-14H,2,5-8,10,18H2,1H3,(H2,19,21). The smallest absolute Gasteiger partial charge is 0.248 e. The number of nitrogens with zero attached hydrogens (tertiary/aromatic N) is 1. The Hall–Kier alpha value is -1.10. The number of carbonyl (C=O) groups is 1. The van der Waals surface area contributed by atoms with E-state index in [1.54, 1.807) is 12.1 Å². The first-order chi connectivity index (χ1) is 10.0. The topological polar surface area (TPSA) is 72.3 Å². The number of benzene rings is 1. The highest BCUT2D eigenvalue weighted by Gasteiger charge is 2.23. The van der Waals surface area contributed by atoms with E-state index in [2.05, 4.69) is 11.8 Å². The molecule has 0 spiro atoms. The van der Waals surface area contributed by atoms with E-state index < -0.39 is 5.91 Å². The first-order valence-electron chi connectivity index (χ1n) is 7.59. The second kappa shape index (κ2) is 7.25. The molecule has 4 nitrogen and oxygen atoms in total. The molecule has 1 saturated carbocycles. The second-order valence-electron chi connectivity index (χ2n) is 5.80. The molecule has 1 aliphatic rings. The van der Waals surface area contributed by atoms with Crippen molar-refractivity contribution in [2.75, 3.05) is 6.54 Å². The van der Waals surface area contributed by atoms with Gasteiger partial charge in [0.2, 0.25) is 5.91 Å². The van der Waals surface area contributed by atoms with Crippen LogP contribution in [0.2, 0.25) is 5.02 Å². The molecule has 0 heterocycles. The lowest BCUT2D eigenvalue weighted by Gasteiger charge is -2.35. The van der Waals surface area contributed by atoms with Crippen LogP contribution < -0.4 is 11.5 Å². The fraction of sp³-hybridized carbons (Fsp3) is 0.562. The van der Waals surface area contributed by atoms with Gasteiger partial charge in [0.25, 0.3) is 0 Å². The molecule has 2 rings (SSSR count). The van der Waals surface area contributed by atoms with Crippen molar-refractivity contribution in [3.8, 4) is 0 Å². The van der Waals surface area contributed by atoms with Gasteiger partial charge < -0.3 is 11.5 Å².